The van der Waals surface area contributed by atoms with Crippen molar-refractivity contribution in [2.75, 3.05) is 19.5 Å². The highest BCUT2D eigenvalue weighted by Gasteiger charge is 2.17. The number of hydrogen-bond donors (Lipinski definition) is 1. The van der Waals surface area contributed by atoms with Gasteiger partial charge in [-0.05, 0) is 24.3 Å². The highest BCUT2D eigenvalue weighted by Crippen LogP contribution is 2.34. The molecule has 7 nitrogen and oxygen atoms in total. The lowest BCUT2D eigenvalue weighted by molar-refractivity contribution is 0.102. The summed E-state index contributed by atoms with van der Waals surface area (Å²) in [6.45, 7) is 0. The third-order valence-corrected chi connectivity index (χ3v) is 4.83. The van der Waals surface area contributed by atoms with E-state index in [0.717, 1.165) is 10.9 Å². The molecule has 8 heteroatoms. The van der Waals surface area contributed by atoms with Crippen molar-refractivity contribution in [3.8, 4) is 22.8 Å². The third-order valence-electron chi connectivity index (χ3n) is 4.23. The van der Waals surface area contributed by atoms with Crippen molar-refractivity contribution < 1.29 is 14.3 Å². The molecule has 2 heterocycles. The summed E-state index contributed by atoms with van der Waals surface area (Å²) in [7, 11) is 3.18. The maximum atomic E-state index is 12.9. The minimum Gasteiger partial charge on any atom is -0.497 e. The summed E-state index contributed by atoms with van der Waals surface area (Å²) < 4.78 is 10.8. The number of hydrogen-bond acceptors (Lipinski definition) is 7. The molecule has 0 spiro atoms. The fraction of sp³-hybridized carbons (Fsp3) is 0.100. The third kappa shape index (κ3) is 3.37. The fourth-order valence-electron chi connectivity index (χ4n) is 2.90. The molecule has 1 N–H and O–H groups in total. The van der Waals surface area contributed by atoms with Crippen LogP contribution in [0.2, 0.25) is 0 Å². The second-order valence-corrected chi connectivity index (χ2v) is 6.67. The van der Waals surface area contributed by atoms with Crippen molar-refractivity contribution in [3.05, 3.63) is 59.6 Å². The van der Waals surface area contributed by atoms with Crippen molar-refractivity contribution in [1.29, 1.82) is 0 Å². The van der Waals surface area contributed by atoms with Crippen LogP contribution in [0, 0.1) is 0 Å². The second kappa shape index (κ2) is 7.61. The minimum absolute atomic E-state index is 0.274. The number of nitrogens with zero attached hydrogens (tertiary/aromatic N) is 3. The number of aromatic nitrogens is 3. The Morgan fingerprint density at radius 3 is 2.68 bits per heavy atom. The summed E-state index contributed by atoms with van der Waals surface area (Å²) in [5, 5.41) is 11.6. The average molecular weight is 392 g/mol. The fourth-order valence-corrected chi connectivity index (χ4v) is 3.34. The molecule has 0 aliphatic heterocycles. The maximum absolute atomic E-state index is 12.9. The lowest BCUT2D eigenvalue weighted by Gasteiger charge is -2.13. The first kappa shape index (κ1) is 17.9. The Balaban J connectivity index is 1.86. The normalized spacial score (nSPS) is 10.6. The van der Waals surface area contributed by atoms with E-state index in [4.69, 9.17) is 14.5 Å². The molecular formula is C20H16N4O3S. The van der Waals surface area contributed by atoms with Crippen LogP contribution in [0.1, 0.15) is 10.4 Å². The van der Waals surface area contributed by atoms with E-state index < -0.39 is 0 Å². The number of benzene rings is 2. The van der Waals surface area contributed by atoms with Crippen LogP contribution >= 0.6 is 11.3 Å². The van der Waals surface area contributed by atoms with Crippen LogP contribution in [0.5, 0.6) is 11.5 Å². The standard InChI is InChI=1S/C20H16N4O3S/c1-26-12-7-8-14(18(9-12)27-2)17-10-15(13-5-3-4-6-16(13)22-17)19(25)23-20-24-21-11-28-20/h3-11H,1-2H3,(H,23,24,25). The van der Waals surface area contributed by atoms with Crippen molar-refractivity contribution >= 4 is 33.3 Å². The average Bonchev–Trinajstić information content (AvgIpc) is 3.25. The SMILES string of the molecule is COc1ccc(-c2cc(C(=O)Nc3nncs3)c3ccccc3n2)c(OC)c1. The molecule has 2 aromatic heterocycles. The first-order chi connectivity index (χ1) is 13.7. The van der Waals surface area contributed by atoms with E-state index in [9.17, 15) is 4.79 Å². The summed E-state index contributed by atoms with van der Waals surface area (Å²) in [4.78, 5) is 17.6. The Morgan fingerprint density at radius 1 is 1.07 bits per heavy atom. The van der Waals surface area contributed by atoms with Gasteiger partial charge in [0.15, 0.2) is 0 Å². The molecule has 0 aliphatic rings. The largest absolute Gasteiger partial charge is 0.497 e. The van der Waals surface area contributed by atoms with Gasteiger partial charge in [-0.25, -0.2) is 4.98 Å². The van der Waals surface area contributed by atoms with Gasteiger partial charge in [0.05, 0.1) is 31.0 Å². The summed E-state index contributed by atoms with van der Waals surface area (Å²) in [5.74, 6) is 1.01. The molecule has 28 heavy (non-hydrogen) atoms. The van der Waals surface area contributed by atoms with E-state index in [1.54, 1.807) is 31.9 Å². The number of carbonyl (C=O) groups excluding carboxylic acids is 1. The highest BCUT2D eigenvalue weighted by atomic mass is 32.1. The van der Waals surface area contributed by atoms with Gasteiger partial charge in [0.25, 0.3) is 5.91 Å². The summed E-state index contributed by atoms with van der Waals surface area (Å²) in [5.41, 5.74) is 4.15. The molecule has 0 fully saturated rings. The van der Waals surface area contributed by atoms with Crippen LogP contribution in [-0.2, 0) is 0 Å². The summed E-state index contributed by atoms with van der Waals surface area (Å²) in [6, 6.07) is 14.7. The summed E-state index contributed by atoms with van der Waals surface area (Å²) in [6.07, 6.45) is 0. The van der Waals surface area contributed by atoms with Crippen LogP contribution in [0.25, 0.3) is 22.2 Å². The number of fused-ring (bicyclic) bond motifs is 1. The van der Waals surface area contributed by atoms with Crippen LogP contribution in [-0.4, -0.2) is 35.3 Å². The topological polar surface area (TPSA) is 86.2 Å². The number of nitrogens with one attached hydrogen (secondary N) is 1. The zero-order valence-corrected chi connectivity index (χ0v) is 16.0. The molecule has 1 amide bonds. The van der Waals surface area contributed by atoms with Gasteiger partial charge < -0.3 is 9.47 Å². The molecule has 0 saturated heterocycles. The number of methoxy groups -OCH3 is 2. The first-order valence-corrected chi connectivity index (χ1v) is 9.27. The molecule has 0 bridgehead atoms. The molecule has 0 atom stereocenters. The predicted octanol–water partition coefficient (Wildman–Crippen LogP) is 4.02. The van der Waals surface area contributed by atoms with Crippen molar-refractivity contribution in [3.63, 3.8) is 0 Å². The lowest BCUT2D eigenvalue weighted by Crippen LogP contribution is -2.13. The molecule has 0 unspecified atom stereocenters. The van der Waals surface area contributed by atoms with Crippen LogP contribution < -0.4 is 14.8 Å². The number of carbonyl (C=O) groups is 1. The van der Waals surface area contributed by atoms with Crippen LogP contribution in [0.4, 0.5) is 5.13 Å². The number of pyridine rings is 1. The second-order valence-electron chi connectivity index (χ2n) is 5.84. The van der Waals surface area contributed by atoms with Crippen LogP contribution in [0.3, 0.4) is 0 Å². The predicted molar refractivity (Wildman–Crippen MR) is 108 cm³/mol. The van der Waals surface area contributed by atoms with E-state index in [1.807, 2.05) is 36.4 Å². The Kier molecular flexibility index (Phi) is 4.86. The zero-order chi connectivity index (χ0) is 19.5. The van der Waals surface area contributed by atoms with Crippen molar-refractivity contribution in [1.82, 2.24) is 15.2 Å². The number of amides is 1. The number of anilines is 1. The Hall–Kier alpha value is -3.52. The quantitative estimate of drug-likeness (QED) is 0.552. The Bertz CT molecular complexity index is 1150. The number of ether oxygens (including phenoxy) is 2. The summed E-state index contributed by atoms with van der Waals surface area (Å²) >= 11 is 1.26. The molecule has 0 aliphatic carbocycles. The van der Waals surface area contributed by atoms with Gasteiger partial charge >= 0.3 is 0 Å². The van der Waals surface area contributed by atoms with Gasteiger partial charge in [-0.3, -0.25) is 10.1 Å². The van der Waals surface area contributed by atoms with Gasteiger partial charge in [-0.2, -0.15) is 0 Å². The molecule has 4 rings (SSSR count). The highest BCUT2D eigenvalue weighted by molar-refractivity contribution is 7.13. The van der Waals surface area contributed by atoms with E-state index in [2.05, 4.69) is 15.5 Å². The Morgan fingerprint density at radius 2 is 1.93 bits per heavy atom. The Labute approximate surface area is 165 Å². The number of rotatable bonds is 5. The molecule has 0 radical (unpaired) electrons. The smallest absolute Gasteiger partial charge is 0.258 e. The minimum atomic E-state index is -0.274. The zero-order valence-electron chi connectivity index (χ0n) is 15.2. The van der Waals surface area contributed by atoms with Gasteiger partial charge in [0, 0.05) is 17.0 Å². The number of para-hydroxylation sites is 1. The molecule has 0 saturated carbocycles. The molecular weight excluding hydrogens is 376 g/mol. The van der Waals surface area contributed by atoms with Crippen LogP contribution in [0.15, 0.2) is 54.0 Å². The first-order valence-electron chi connectivity index (χ1n) is 8.39. The van der Waals surface area contributed by atoms with Gasteiger partial charge in [0.1, 0.15) is 17.0 Å². The lowest BCUT2D eigenvalue weighted by atomic mass is 10.0. The van der Waals surface area contributed by atoms with Crippen molar-refractivity contribution in [2.24, 2.45) is 0 Å². The van der Waals surface area contributed by atoms with Gasteiger partial charge in [-0.1, -0.05) is 29.5 Å². The van der Waals surface area contributed by atoms with E-state index in [-0.39, 0.29) is 5.91 Å². The van der Waals surface area contributed by atoms with Crippen molar-refractivity contribution in [2.45, 2.75) is 0 Å². The molecule has 4 aromatic rings. The monoisotopic (exact) mass is 392 g/mol. The maximum Gasteiger partial charge on any atom is 0.258 e. The molecule has 140 valence electrons. The van der Waals surface area contributed by atoms with E-state index in [0.29, 0.717) is 33.4 Å². The van der Waals surface area contributed by atoms with E-state index in [1.165, 1.54) is 11.3 Å². The van der Waals surface area contributed by atoms with E-state index >= 15 is 0 Å². The van der Waals surface area contributed by atoms with Gasteiger partial charge in [0.2, 0.25) is 5.13 Å². The molecule has 2 aromatic carbocycles. The van der Waals surface area contributed by atoms with Gasteiger partial charge in [-0.15, -0.1) is 10.2 Å².